The summed E-state index contributed by atoms with van der Waals surface area (Å²) in [7, 11) is 0. The summed E-state index contributed by atoms with van der Waals surface area (Å²) in [5.74, 6) is 0. The average molecular weight is 347 g/mol. The van der Waals surface area contributed by atoms with Crippen LogP contribution in [0.25, 0.3) is 33.4 Å². The molecular weight excluding hydrogens is 330 g/mol. The van der Waals surface area contributed by atoms with Crippen molar-refractivity contribution in [3.05, 3.63) is 103 Å². The van der Waals surface area contributed by atoms with Gasteiger partial charge in [-0.25, -0.2) is 4.79 Å². The van der Waals surface area contributed by atoms with E-state index in [4.69, 9.17) is 0 Å². The van der Waals surface area contributed by atoms with E-state index in [0.29, 0.717) is 5.69 Å². The van der Waals surface area contributed by atoms with E-state index in [2.05, 4.69) is 29.3 Å². The Hall–Kier alpha value is -3.74. The minimum Gasteiger partial charge on any atom is -0.211 e. The highest BCUT2D eigenvalue weighted by Crippen LogP contribution is 2.44. The maximum atomic E-state index is 11.1. The van der Waals surface area contributed by atoms with Gasteiger partial charge in [-0.15, -0.1) is 0 Å². The van der Waals surface area contributed by atoms with Gasteiger partial charge in [-0.05, 0) is 33.9 Å². The van der Waals surface area contributed by atoms with Crippen molar-refractivity contribution in [2.45, 2.75) is 0 Å². The molecule has 0 radical (unpaired) electrons. The van der Waals surface area contributed by atoms with E-state index in [1.165, 1.54) is 0 Å². The summed E-state index contributed by atoms with van der Waals surface area (Å²) >= 11 is 0. The second-order valence-corrected chi connectivity index (χ2v) is 6.18. The minimum atomic E-state index is 0.620. The lowest BCUT2D eigenvalue weighted by Crippen LogP contribution is -1.91. The standard InChI is InChI=1S/C25H17NO/c27-18-26-23-17-16-22(19-10-4-1-5-11-19)24(20-12-6-2-7-13-20)25(23)21-14-8-3-9-15-21/h1-17H. The van der Waals surface area contributed by atoms with Crippen LogP contribution in [0.4, 0.5) is 5.69 Å². The fraction of sp³-hybridized carbons (Fsp3) is 0. The molecule has 0 aromatic heterocycles. The van der Waals surface area contributed by atoms with E-state index in [1.54, 1.807) is 6.08 Å². The third-order valence-electron chi connectivity index (χ3n) is 4.56. The number of rotatable bonds is 4. The van der Waals surface area contributed by atoms with Gasteiger partial charge in [0.15, 0.2) is 0 Å². The molecule has 4 rings (SSSR count). The van der Waals surface area contributed by atoms with Crippen LogP contribution in [0.2, 0.25) is 0 Å². The van der Waals surface area contributed by atoms with Crippen molar-refractivity contribution in [2.24, 2.45) is 4.99 Å². The first-order chi connectivity index (χ1) is 13.4. The molecule has 2 nitrogen and oxygen atoms in total. The predicted octanol–water partition coefficient (Wildman–Crippen LogP) is 6.65. The van der Waals surface area contributed by atoms with Crippen LogP contribution in [0, 0.1) is 0 Å². The second kappa shape index (κ2) is 7.65. The third kappa shape index (κ3) is 3.35. The summed E-state index contributed by atoms with van der Waals surface area (Å²) in [5.41, 5.74) is 6.94. The maximum Gasteiger partial charge on any atom is 0.240 e. The fourth-order valence-electron chi connectivity index (χ4n) is 3.39. The molecule has 0 bridgehead atoms. The zero-order chi connectivity index (χ0) is 18.5. The Bertz CT molecular complexity index is 1100. The van der Waals surface area contributed by atoms with Crippen LogP contribution in [-0.2, 0) is 4.79 Å². The smallest absolute Gasteiger partial charge is 0.211 e. The Kier molecular flexibility index (Phi) is 4.74. The first kappa shape index (κ1) is 16.7. The second-order valence-electron chi connectivity index (χ2n) is 6.18. The molecule has 0 aliphatic rings. The van der Waals surface area contributed by atoms with Crippen LogP contribution < -0.4 is 0 Å². The van der Waals surface area contributed by atoms with E-state index in [-0.39, 0.29) is 0 Å². The van der Waals surface area contributed by atoms with Crippen molar-refractivity contribution in [1.29, 1.82) is 0 Å². The average Bonchev–Trinajstić information content (AvgIpc) is 2.75. The van der Waals surface area contributed by atoms with E-state index < -0.39 is 0 Å². The molecule has 0 aliphatic heterocycles. The summed E-state index contributed by atoms with van der Waals surface area (Å²) in [6, 6.07) is 34.5. The fourth-order valence-corrected chi connectivity index (χ4v) is 3.39. The Balaban J connectivity index is 2.12. The Morgan fingerprint density at radius 3 is 1.52 bits per heavy atom. The monoisotopic (exact) mass is 347 g/mol. The molecule has 2 heteroatoms. The molecule has 0 N–H and O–H groups in total. The molecule has 0 heterocycles. The largest absolute Gasteiger partial charge is 0.240 e. The Morgan fingerprint density at radius 1 is 0.519 bits per heavy atom. The Labute approximate surface area is 158 Å². The van der Waals surface area contributed by atoms with Gasteiger partial charge in [0.25, 0.3) is 0 Å². The number of hydrogen-bond donors (Lipinski definition) is 0. The summed E-state index contributed by atoms with van der Waals surface area (Å²) < 4.78 is 0. The highest BCUT2D eigenvalue weighted by molar-refractivity contribution is 5.99. The van der Waals surface area contributed by atoms with Gasteiger partial charge in [0.1, 0.15) is 0 Å². The van der Waals surface area contributed by atoms with E-state index in [9.17, 15) is 4.79 Å². The van der Waals surface area contributed by atoms with Crippen molar-refractivity contribution >= 4 is 11.8 Å². The molecule has 4 aromatic carbocycles. The first-order valence-electron chi connectivity index (χ1n) is 8.79. The van der Waals surface area contributed by atoms with Crippen molar-refractivity contribution in [2.75, 3.05) is 0 Å². The van der Waals surface area contributed by atoms with Crippen LogP contribution in [-0.4, -0.2) is 6.08 Å². The van der Waals surface area contributed by atoms with Gasteiger partial charge in [0.05, 0.1) is 5.69 Å². The quantitative estimate of drug-likeness (QED) is 0.300. The van der Waals surface area contributed by atoms with Crippen LogP contribution in [0.3, 0.4) is 0 Å². The normalized spacial score (nSPS) is 10.2. The zero-order valence-electron chi connectivity index (χ0n) is 14.7. The van der Waals surface area contributed by atoms with Gasteiger partial charge >= 0.3 is 0 Å². The van der Waals surface area contributed by atoms with Gasteiger partial charge in [0, 0.05) is 5.56 Å². The number of hydrogen-bond acceptors (Lipinski definition) is 2. The minimum absolute atomic E-state index is 0.620. The molecule has 0 amide bonds. The lowest BCUT2D eigenvalue weighted by molar-refractivity contribution is 0.565. The summed E-state index contributed by atoms with van der Waals surface area (Å²) in [4.78, 5) is 15.1. The summed E-state index contributed by atoms with van der Waals surface area (Å²) in [6.07, 6.45) is 1.71. The van der Waals surface area contributed by atoms with Gasteiger partial charge in [-0.1, -0.05) is 97.1 Å². The number of benzene rings is 4. The molecule has 0 unspecified atom stereocenters. The van der Waals surface area contributed by atoms with Crippen LogP contribution in [0.5, 0.6) is 0 Å². The maximum absolute atomic E-state index is 11.1. The van der Waals surface area contributed by atoms with Crippen molar-refractivity contribution in [3.8, 4) is 33.4 Å². The van der Waals surface area contributed by atoms with E-state index >= 15 is 0 Å². The van der Waals surface area contributed by atoms with E-state index in [0.717, 1.165) is 33.4 Å². The summed E-state index contributed by atoms with van der Waals surface area (Å²) in [5, 5.41) is 0. The number of isocyanates is 1. The zero-order valence-corrected chi connectivity index (χ0v) is 14.7. The van der Waals surface area contributed by atoms with Gasteiger partial charge < -0.3 is 0 Å². The number of nitrogens with zero attached hydrogens (tertiary/aromatic N) is 1. The molecule has 128 valence electrons. The highest BCUT2D eigenvalue weighted by Gasteiger charge is 2.17. The molecule has 0 spiro atoms. The molecule has 0 atom stereocenters. The van der Waals surface area contributed by atoms with Gasteiger partial charge in [0.2, 0.25) is 6.08 Å². The third-order valence-corrected chi connectivity index (χ3v) is 4.56. The summed E-state index contributed by atoms with van der Waals surface area (Å²) in [6.45, 7) is 0. The molecule has 0 aliphatic carbocycles. The van der Waals surface area contributed by atoms with E-state index in [1.807, 2.05) is 78.9 Å². The first-order valence-corrected chi connectivity index (χ1v) is 8.79. The van der Waals surface area contributed by atoms with Crippen molar-refractivity contribution in [1.82, 2.24) is 0 Å². The lowest BCUT2D eigenvalue weighted by Gasteiger charge is -2.18. The number of aliphatic imine (C=N–C) groups is 1. The van der Waals surface area contributed by atoms with Crippen molar-refractivity contribution in [3.63, 3.8) is 0 Å². The molecule has 4 aromatic rings. The van der Waals surface area contributed by atoms with Crippen LogP contribution >= 0.6 is 0 Å². The molecule has 27 heavy (non-hydrogen) atoms. The van der Waals surface area contributed by atoms with Crippen molar-refractivity contribution < 1.29 is 4.79 Å². The van der Waals surface area contributed by atoms with Gasteiger partial charge in [-0.2, -0.15) is 4.99 Å². The van der Waals surface area contributed by atoms with Crippen LogP contribution in [0.1, 0.15) is 0 Å². The molecule has 0 fully saturated rings. The molecular formula is C25H17NO. The van der Waals surface area contributed by atoms with Gasteiger partial charge in [-0.3, -0.25) is 0 Å². The Morgan fingerprint density at radius 2 is 1.00 bits per heavy atom. The predicted molar refractivity (Wildman–Crippen MR) is 111 cm³/mol. The number of carbonyl (C=O) groups excluding carboxylic acids is 1. The topological polar surface area (TPSA) is 29.4 Å². The SMILES string of the molecule is O=C=Nc1ccc(-c2ccccc2)c(-c2ccccc2)c1-c1ccccc1. The molecule has 0 saturated carbocycles. The molecule has 0 saturated heterocycles. The highest BCUT2D eigenvalue weighted by atomic mass is 16.1. The van der Waals surface area contributed by atoms with Crippen LogP contribution in [0.15, 0.2) is 108 Å². The lowest BCUT2D eigenvalue weighted by atomic mass is 9.86.